The molecule has 0 spiro atoms. The summed E-state index contributed by atoms with van der Waals surface area (Å²) in [6, 6.07) is 0. The fourth-order valence-corrected chi connectivity index (χ4v) is 7.79. The minimum absolute atomic E-state index is 0.184. The molecule has 0 saturated heterocycles. The average Bonchev–Trinajstić information content (AvgIpc) is 3.29. The number of allylic oxidation sites excluding steroid dienone is 8. The highest BCUT2D eigenvalue weighted by Gasteiger charge is 2.25. The summed E-state index contributed by atoms with van der Waals surface area (Å²) in [5.41, 5.74) is 0. The van der Waals surface area contributed by atoms with E-state index in [-0.39, 0.29) is 32.2 Å². The van der Waals surface area contributed by atoms with Gasteiger partial charge in [-0.3, -0.25) is 9.59 Å². The molecule has 0 saturated carbocycles. The Morgan fingerprint density at radius 2 is 0.851 bits per heavy atom. The number of rotatable bonds is 51. The van der Waals surface area contributed by atoms with Crippen LogP contribution in [0.3, 0.4) is 0 Å². The molecule has 0 bridgehead atoms. The summed E-state index contributed by atoms with van der Waals surface area (Å²) in [7, 11) is 5.96. The number of carbonyl (C=O) groups excluding carboxylic acids is 2. The first kappa shape index (κ1) is 64.2. The smallest absolute Gasteiger partial charge is 0.361 e. The number of aliphatic carboxylic acids is 1. The fraction of sp³-hybridized carbons (Fsp3) is 0.810. The van der Waals surface area contributed by atoms with Crippen LogP contribution in [-0.4, -0.2) is 87.4 Å². The van der Waals surface area contributed by atoms with Crippen LogP contribution in [0.25, 0.3) is 0 Å². The zero-order valence-electron chi connectivity index (χ0n) is 44.3. The van der Waals surface area contributed by atoms with Crippen molar-refractivity contribution in [3.8, 4) is 0 Å². The van der Waals surface area contributed by atoms with Gasteiger partial charge in [0.15, 0.2) is 6.10 Å². The van der Waals surface area contributed by atoms with Gasteiger partial charge < -0.3 is 28.5 Å². The van der Waals surface area contributed by atoms with Crippen molar-refractivity contribution in [3.63, 3.8) is 0 Å². The third-order valence-corrected chi connectivity index (χ3v) is 12.1. The Hall–Kier alpha value is -2.75. The summed E-state index contributed by atoms with van der Waals surface area (Å²) in [5, 5.41) is 9.68. The number of ether oxygens (including phenoxy) is 4. The molecule has 0 radical (unpaired) electrons. The second-order valence-corrected chi connectivity index (χ2v) is 19.9. The van der Waals surface area contributed by atoms with Crippen LogP contribution in [0.4, 0.5) is 0 Å². The molecule has 0 aliphatic carbocycles. The van der Waals surface area contributed by atoms with Crippen molar-refractivity contribution < 1.29 is 42.9 Å². The SMILES string of the molecule is CC/C=C\C/C=C\C/C=C\CCCCCCCC(=O)OC(COC(=O)CCCCCCCCCCCCCCCCC/C=C\CCCCCCCCCC)COC(OCC[N+](C)(C)C)C(=O)O. The van der Waals surface area contributed by atoms with Gasteiger partial charge in [-0.15, -0.1) is 0 Å². The third-order valence-electron chi connectivity index (χ3n) is 12.1. The predicted molar refractivity (Wildman–Crippen MR) is 281 cm³/mol. The van der Waals surface area contributed by atoms with Gasteiger partial charge in [0.25, 0.3) is 6.29 Å². The number of carboxylic acids is 1. The summed E-state index contributed by atoms with van der Waals surface area (Å²) in [5.74, 6) is -2.02. The van der Waals surface area contributed by atoms with E-state index in [2.05, 4.69) is 62.5 Å². The maximum atomic E-state index is 12.8. The van der Waals surface area contributed by atoms with Crippen LogP contribution in [0, 0.1) is 0 Å². The number of hydrogen-bond donors (Lipinski definition) is 1. The summed E-state index contributed by atoms with van der Waals surface area (Å²) in [6.45, 7) is 4.76. The monoisotopic (exact) mass is 945 g/mol. The molecule has 2 unspecified atom stereocenters. The topological polar surface area (TPSA) is 108 Å². The molecule has 0 aliphatic rings. The lowest BCUT2D eigenvalue weighted by Gasteiger charge is -2.25. The molecular formula is C58H106NO8+. The Labute approximate surface area is 412 Å². The second kappa shape index (κ2) is 49.7. The summed E-state index contributed by atoms with van der Waals surface area (Å²) < 4.78 is 22.8. The minimum Gasteiger partial charge on any atom is -0.477 e. The molecule has 0 aliphatic heterocycles. The van der Waals surface area contributed by atoms with E-state index in [1.807, 2.05) is 21.1 Å². The zero-order chi connectivity index (χ0) is 49.2. The molecule has 67 heavy (non-hydrogen) atoms. The van der Waals surface area contributed by atoms with E-state index in [9.17, 15) is 19.5 Å². The van der Waals surface area contributed by atoms with Gasteiger partial charge in [0.05, 0.1) is 34.4 Å². The minimum atomic E-state index is -1.51. The third kappa shape index (κ3) is 50.9. The van der Waals surface area contributed by atoms with Gasteiger partial charge >= 0.3 is 17.9 Å². The van der Waals surface area contributed by atoms with Crippen molar-refractivity contribution in [1.29, 1.82) is 0 Å². The van der Waals surface area contributed by atoms with Gasteiger partial charge in [-0.25, -0.2) is 4.79 Å². The van der Waals surface area contributed by atoms with Crippen LogP contribution in [0.15, 0.2) is 48.6 Å². The highest BCUT2D eigenvalue weighted by molar-refractivity contribution is 5.71. The highest BCUT2D eigenvalue weighted by atomic mass is 16.7. The highest BCUT2D eigenvalue weighted by Crippen LogP contribution is 2.16. The predicted octanol–water partition coefficient (Wildman–Crippen LogP) is 15.9. The Kier molecular flexibility index (Phi) is 47.6. The maximum Gasteiger partial charge on any atom is 0.361 e. The van der Waals surface area contributed by atoms with Crippen LogP contribution in [0.2, 0.25) is 0 Å². The number of nitrogens with zero attached hydrogens (tertiary/aromatic N) is 1. The molecule has 0 heterocycles. The first-order valence-corrected chi connectivity index (χ1v) is 27.8. The summed E-state index contributed by atoms with van der Waals surface area (Å²) in [6.07, 6.45) is 57.7. The molecule has 2 atom stereocenters. The van der Waals surface area contributed by atoms with E-state index in [1.54, 1.807) is 0 Å². The maximum absolute atomic E-state index is 12.8. The largest absolute Gasteiger partial charge is 0.477 e. The Balaban J connectivity index is 4.18. The van der Waals surface area contributed by atoms with Crippen LogP contribution in [0.1, 0.15) is 245 Å². The quantitative estimate of drug-likeness (QED) is 0.0211. The molecular weight excluding hydrogens is 839 g/mol. The van der Waals surface area contributed by atoms with Crippen LogP contribution in [0.5, 0.6) is 0 Å². The number of quaternary nitrogens is 1. The van der Waals surface area contributed by atoms with Gasteiger partial charge in [0.1, 0.15) is 13.2 Å². The first-order chi connectivity index (χ1) is 32.6. The normalized spacial score (nSPS) is 13.1. The molecule has 0 rings (SSSR count). The number of esters is 2. The van der Waals surface area contributed by atoms with Gasteiger partial charge in [-0.2, -0.15) is 0 Å². The second-order valence-electron chi connectivity index (χ2n) is 19.9. The lowest BCUT2D eigenvalue weighted by atomic mass is 10.0. The van der Waals surface area contributed by atoms with Crippen molar-refractivity contribution in [2.75, 3.05) is 47.5 Å². The van der Waals surface area contributed by atoms with Crippen molar-refractivity contribution in [1.82, 2.24) is 0 Å². The molecule has 9 heteroatoms. The lowest BCUT2D eigenvalue weighted by Crippen LogP contribution is -2.40. The van der Waals surface area contributed by atoms with Gasteiger partial charge in [-0.1, -0.05) is 210 Å². The van der Waals surface area contributed by atoms with Gasteiger partial charge in [-0.05, 0) is 70.6 Å². The van der Waals surface area contributed by atoms with E-state index in [0.717, 1.165) is 70.6 Å². The van der Waals surface area contributed by atoms with Crippen LogP contribution in [-0.2, 0) is 33.3 Å². The van der Waals surface area contributed by atoms with Crippen molar-refractivity contribution in [3.05, 3.63) is 48.6 Å². The molecule has 1 N–H and O–H groups in total. The standard InChI is InChI=1S/C58H105NO8/c1-6-8-10-12-14-16-18-20-22-23-24-25-26-27-28-29-30-31-32-33-35-36-38-40-42-44-46-48-55(60)65-52-54(53-66-58(57(62)63)64-51-50-59(3,4)5)67-56(61)49-47-45-43-41-39-37-34-21-19-17-15-13-11-9-7-2/h9,11,15,17,21,23-24,34,54,58H,6-8,10,12-14,16,18-20,22,25-33,35-53H2,1-5H3/p+1/b11-9-,17-15-,24-23-,34-21-. The Bertz CT molecular complexity index is 1240. The summed E-state index contributed by atoms with van der Waals surface area (Å²) >= 11 is 0. The Morgan fingerprint density at radius 3 is 1.28 bits per heavy atom. The van der Waals surface area contributed by atoms with E-state index in [1.165, 1.54) is 141 Å². The van der Waals surface area contributed by atoms with Crippen molar-refractivity contribution in [2.24, 2.45) is 0 Å². The number of hydrogen-bond acceptors (Lipinski definition) is 7. The molecule has 0 fully saturated rings. The van der Waals surface area contributed by atoms with E-state index < -0.39 is 24.3 Å². The first-order valence-electron chi connectivity index (χ1n) is 27.8. The summed E-state index contributed by atoms with van der Waals surface area (Å²) in [4.78, 5) is 37.3. The van der Waals surface area contributed by atoms with E-state index in [4.69, 9.17) is 18.9 Å². The van der Waals surface area contributed by atoms with Crippen molar-refractivity contribution >= 4 is 17.9 Å². The molecule has 390 valence electrons. The van der Waals surface area contributed by atoms with Gasteiger partial charge in [0, 0.05) is 12.8 Å². The molecule has 0 aromatic carbocycles. The lowest BCUT2D eigenvalue weighted by molar-refractivity contribution is -0.870. The van der Waals surface area contributed by atoms with Crippen LogP contribution >= 0.6 is 0 Å². The van der Waals surface area contributed by atoms with E-state index >= 15 is 0 Å². The molecule has 9 nitrogen and oxygen atoms in total. The van der Waals surface area contributed by atoms with Gasteiger partial charge in [0.2, 0.25) is 0 Å². The van der Waals surface area contributed by atoms with E-state index in [0.29, 0.717) is 23.9 Å². The molecule has 0 amide bonds. The zero-order valence-corrected chi connectivity index (χ0v) is 44.3. The fourth-order valence-electron chi connectivity index (χ4n) is 7.79. The number of carboxylic acid groups (broad SMARTS) is 1. The van der Waals surface area contributed by atoms with Crippen molar-refractivity contribution in [2.45, 2.75) is 257 Å². The number of unbranched alkanes of at least 4 members (excludes halogenated alkanes) is 28. The molecule has 0 aromatic heterocycles. The number of carbonyl (C=O) groups is 3. The molecule has 0 aromatic rings. The average molecular weight is 945 g/mol. The Morgan fingerprint density at radius 1 is 0.463 bits per heavy atom. The number of likely N-dealkylation sites (N-methyl/N-ethyl adjacent to an activating group) is 1. The van der Waals surface area contributed by atoms with Crippen LogP contribution < -0.4 is 0 Å².